The van der Waals surface area contributed by atoms with Gasteiger partial charge in [0.15, 0.2) is 0 Å². The molecule has 0 aromatic carbocycles. The molecule has 16 heavy (non-hydrogen) atoms. The van der Waals surface area contributed by atoms with Gasteiger partial charge >= 0.3 is 0 Å². The number of nitrogens with zero attached hydrogens (tertiary/aromatic N) is 3. The van der Waals surface area contributed by atoms with E-state index in [2.05, 4.69) is 9.59 Å². The molecule has 1 heterocycles. The van der Waals surface area contributed by atoms with E-state index in [1.807, 2.05) is 14.0 Å². The first-order valence-corrected chi connectivity index (χ1v) is 5.99. The zero-order valence-electron chi connectivity index (χ0n) is 9.64. The second kappa shape index (κ2) is 4.47. The monoisotopic (exact) mass is 241 g/mol. The quantitative estimate of drug-likeness (QED) is 0.795. The first-order valence-electron chi connectivity index (χ1n) is 5.22. The Morgan fingerprint density at radius 1 is 1.56 bits per heavy atom. The molecule has 0 aliphatic heterocycles. The lowest BCUT2D eigenvalue weighted by atomic mass is 9.88. The topological polar surface area (TPSA) is 55.3 Å². The maximum atomic E-state index is 12.1. The zero-order valence-corrected chi connectivity index (χ0v) is 10.5. The lowest BCUT2D eigenvalue weighted by Crippen LogP contribution is -2.48. The molecule has 0 bridgehead atoms. The fourth-order valence-corrected chi connectivity index (χ4v) is 2.44. The number of hydrogen-bond acceptors (Lipinski definition) is 5. The molecule has 0 spiro atoms. The Bertz CT molecular complexity index is 387. The summed E-state index contributed by atoms with van der Waals surface area (Å²) >= 11 is 1.16. The molecule has 1 aliphatic rings. The van der Waals surface area contributed by atoms with Gasteiger partial charge in [-0.05, 0) is 31.3 Å². The summed E-state index contributed by atoms with van der Waals surface area (Å²) in [7, 11) is 3.54. The van der Waals surface area contributed by atoms with Crippen molar-refractivity contribution in [2.75, 3.05) is 14.2 Å². The third-order valence-corrected chi connectivity index (χ3v) is 3.93. The summed E-state index contributed by atoms with van der Waals surface area (Å²) in [6.45, 7) is 1.81. The van der Waals surface area contributed by atoms with Crippen LogP contribution < -0.4 is 0 Å². The lowest BCUT2D eigenvalue weighted by Gasteiger charge is -2.40. The smallest absolute Gasteiger partial charge is 0.267 e. The number of carbonyl (C=O) groups excluding carboxylic acids is 1. The fraction of sp³-hybridized carbons (Fsp3) is 0.700. The summed E-state index contributed by atoms with van der Waals surface area (Å²) in [5, 5.41) is 3.85. The second-order valence-corrected chi connectivity index (χ2v) is 4.84. The molecule has 0 radical (unpaired) electrons. The van der Waals surface area contributed by atoms with Crippen LogP contribution in [0.5, 0.6) is 0 Å². The number of aromatic nitrogens is 2. The predicted molar refractivity (Wildman–Crippen MR) is 60.6 cm³/mol. The van der Waals surface area contributed by atoms with Crippen LogP contribution in [-0.2, 0) is 4.74 Å². The average Bonchev–Trinajstić information content (AvgIpc) is 2.61. The standard InChI is InChI=1S/C10H15N3O2S/c1-6-9(16-12-11-6)10(14)13(2)7-4-8(5-7)15-3/h7-8H,4-5H2,1-3H3. The highest BCUT2D eigenvalue weighted by molar-refractivity contribution is 7.07. The van der Waals surface area contributed by atoms with Crippen LogP contribution in [0.4, 0.5) is 0 Å². The van der Waals surface area contributed by atoms with Crippen molar-refractivity contribution in [3.63, 3.8) is 0 Å². The van der Waals surface area contributed by atoms with Crippen LogP contribution in [0, 0.1) is 6.92 Å². The Hall–Kier alpha value is -1.01. The van der Waals surface area contributed by atoms with Crippen molar-refractivity contribution in [2.45, 2.75) is 31.9 Å². The van der Waals surface area contributed by atoms with Gasteiger partial charge in [-0.3, -0.25) is 4.79 Å². The molecular formula is C10H15N3O2S. The normalized spacial score (nSPS) is 23.9. The summed E-state index contributed by atoms with van der Waals surface area (Å²) < 4.78 is 8.98. The minimum absolute atomic E-state index is 0.0204. The summed E-state index contributed by atoms with van der Waals surface area (Å²) in [6.07, 6.45) is 2.15. The van der Waals surface area contributed by atoms with Crippen LogP contribution in [-0.4, -0.2) is 46.7 Å². The number of aryl methyl sites for hydroxylation is 1. The van der Waals surface area contributed by atoms with Gasteiger partial charge in [-0.2, -0.15) is 0 Å². The van der Waals surface area contributed by atoms with E-state index in [-0.39, 0.29) is 5.91 Å². The summed E-state index contributed by atoms with van der Waals surface area (Å²) in [5.41, 5.74) is 0.712. The highest BCUT2D eigenvalue weighted by atomic mass is 32.1. The lowest BCUT2D eigenvalue weighted by molar-refractivity contribution is -0.0143. The van der Waals surface area contributed by atoms with Gasteiger partial charge in [-0.1, -0.05) is 4.49 Å². The van der Waals surface area contributed by atoms with Gasteiger partial charge in [0.25, 0.3) is 5.91 Å². The van der Waals surface area contributed by atoms with E-state index in [0.29, 0.717) is 22.7 Å². The Kier molecular flexibility index (Phi) is 3.20. The third kappa shape index (κ3) is 1.94. The maximum Gasteiger partial charge on any atom is 0.267 e. The molecule has 1 aromatic heterocycles. The first-order chi connectivity index (χ1) is 7.63. The molecule has 1 aromatic rings. The van der Waals surface area contributed by atoms with Gasteiger partial charge < -0.3 is 9.64 Å². The molecule has 0 atom stereocenters. The Balaban J connectivity index is 1.99. The molecule has 5 nitrogen and oxygen atoms in total. The number of amides is 1. The molecule has 1 aliphatic carbocycles. The van der Waals surface area contributed by atoms with Crippen LogP contribution in [0.2, 0.25) is 0 Å². The van der Waals surface area contributed by atoms with Crippen LogP contribution in [0.3, 0.4) is 0 Å². The van der Waals surface area contributed by atoms with Gasteiger partial charge in [-0.25, -0.2) is 0 Å². The molecule has 1 amide bonds. The second-order valence-electron chi connectivity index (χ2n) is 4.09. The molecule has 0 N–H and O–H groups in total. The van der Waals surface area contributed by atoms with Crippen LogP contribution >= 0.6 is 11.5 Å². The Labute approximate surface area is 98.6 Å². The number of hydrogen-bond donors (Lipinski definition) is 0. The van der Waals surface area contributed by atoms with E-state index in [1.165, 1.54) is 0 Å². The molecule has 6 heteroatoms. The fourth-order valence-electron chi connectivity index (χ4n) is 1.80. The van der Waals surface area contributed by atoms with E-state index in [1.54, 1.807) is 12.0 Å². The number of methoxy groups -OCH3 is 1. The number of ether oxygens (including phenoxy) is 1. The van der Waals surface area contributed by atoms with Crippen molar-refractivity contribution in [1.29, 1.82) is 0 Å². The highest BCUT2D eigenvalue weighted by Crippen LogP contribution is 2.28. The molecule has 88 valence electrons. The summed E-state index contributed by atoms with van der Waals surface area (Å²) in [5.74, 6) is 0.0204. The van der Waals surface area contributed by atoms with E-state index in [4.69, 9.17) is 4.74 Å². The predicted octanol–water partition coefficient (Wildman–Crippen LogP) is 1.10. The maximum absolute atomic E-state index is 12.1. The summed E-state index contributed by atoms with van der Waals surface area (Å²) in [6, 6.07) is 0.291. The molecule has 0 unspecified atom stereocenters. The SMILES string of the molecule is COC1CC(N(C)C(=O)c2snnc2C)C1. The highest BCUT2D eigenvalue weighted by Gasteiger charge is 2.35. The van der Waals surface area contributed by atoms with Gasteiger partial charge in [0, 0.05) is 20.2 Å². The minimum Gasteiger partial charge on any atom is -0.381 e. The van der Waals surface area contributed by atoms with E-state index < -0.39 is 0 Å². The molecular weight excluding hydrogens is 226 g/mol. The number of rotatable bonds is 3. The van der Waals surface area contributed by atoms with Crippen LogP contribution in [0.25, 0.3) is 0 Å². The molecule has 1 fully saturated rings. The van der Waals surface area contributed by atoms with Gasteiger partial charge in [0.1, 0.15) is 4.88 Å². The van der Waals surface area contributed by atoms with E-state index in [9.17, 15) is 4.79 Å². The van der Waals surface area contributed by atoms with Crippen molar-refractivity contribution in [3.05, 3.63) is 10.6 Å². The molecule has 1 saturated carbocycles. The van der Waals surface area contributed by atoms with Gasteiger partial charge in [-0.15, -0.1) is 5.10 Å². The zero-order chi connectivity index (χ0) is 11.7. The van der Waals surface area contributed by atoms with Crippen LogP contribution in [0.1, 0.15) is 28.2 Å². The van der Waals surface area contributed by atoms with Gasteiger partial charge in [0.05, 0.1) is 11.8 Å². The average molecular weight is 241 g/mol. The summed E-state index contributed by atoms with van der Waals surface area (Å²) in [4.78, 5) is 14.5. The number of carbonyl (C=O) groups is 1. The molecule has 2 rings (SSSR count). The van der Waals surface area contributed by atoms with Crippen molar-refractivity contribution < 1.29 is 9.53 Å². The van der Waals surface area contributed by atoms with Crippen molar-refractivity contribution in [3.8, 4) is 0 Å². The Morgan fingerprint density at radius 3 is 2.75 bits per heavy atom. The van der Waals surface area contributed by atoms with Crippen molar-refractivity contribution in [1.82, 2.24) is 14.5 Å². The van der Waals surface area contributed by atoms with Crippen molar-refractivity contribution >= 4 is 17.4 Å². The van der Waals surface area contributed by atoms with E-state index in [0.717, 1.165) is 24.4 Å². The van der Waals surface area contributed by atoms with Crippen molar-refractivity contribution in [2.24, 2.45) is 0 Å². The largest absolute Gasteiger partial charge is 0.381 e. The van der Waals surface area contributed by atoms with E-state index >= 15 is 0 Å². The third-order valence-electron chi connectivity index (χ3n) is 3.12. The first kappa shape index (κ1) is 11.5. The Morgan fingerprint density at radius 2 is 2.25 bits per heavy atom. The minimum atomic E-state index is 0.0204. The van der Waals surface area contributed by atoms with Crippen LogP contribution in [0.15, 0.2) is 0 Å². The van der Waals surface area contributed by atoms with Gasteiger partial charge in [0.2, 0.25) is 0 Å². The molecule has 0 saturated heterocycles.